The fraction of sp³-hybridized carbons (Fsp3) is 0.0714. The van der Waals surface area contributed by atoms with Crippen LogP contribution in [0.2, 0.25) is 0 Å². The zero-order valence-corrected chi connectivity index (χ0v) is 13.0. The standard InChI is InChI=1S/C14H10BrF2N3O3/c15-7-1-2-11(9(16)3-7)19-13-8(14(22)23)4-10(17)12(20-13)5-18-6-21/h1-4,6H,5H2,(H,18,21)(H,19,20)(H,22,23). The van der Waals surface area contributed by atoms with Crippen molar-refractivity contribution in [2.45, 2.75) is 6.54 Å². The average molecular weight is 386 g/mol. The van der Waals surface area contributed by atoms with Crippen LogP contribution in [0.25, 0.3) is 0 Å². The molecule has 0 saturated heterocycles. The summed E-state index contributed by atoms with van der Waals surface area (Å²) >= 11 is 3.10. The van der Waals surface area contributed by atoms with Crippen molar-refractivity contribution in [1.82, 2.24) is 10.3 Å². The molecule has 0 atom stereocenters. The fourth-order valence-corrected chi connectivity index (χ4v) is 2.10. The van der Waals surface area contributed by atoms with Gasteiger partial charge in [-0.3, -0.25) is 4.79 Å². The Hall–Kier alpha value is -2.55. The van der Waals surface area contributed by atoms with Crippen LogP contribution in [0, 0.1) is 11.6 Å². The van der Waals surface area contributed by atoms with Gasteiger partial charge in [0.25, 0.3) is 0 Å². The second kappa shape index (κ2) is 7.14. The Bertz CT molecular complexity index is 771. The van der Waals surface area contributed by atoms with Gasteiger partial charge in [-0.25, -0.2) is 18.6 Å². The molecule has 0 radical (unpaired) electrons. The number of pyridine rings is 1. The van der Waals surface area contributed by atoms with Crippen molar-refractivity contribution >= 4 is 39.8 Å². The van der Waals surface area contributed by atoms with E-state index in [2.05, 4.69) is 31.5 Å². The number of amides is 1. The van der Waals surface area contributed by atoms with Crippen LogP contribution >= 0.6 is 15.9 Å². The van der Waals surface area contributed by atoms with E-state index in [9.17, 15) is 18.4 Å². The van der Waals surface area contributed by atoms with E-state index in [0.29, 0.717) is 10.9 Å². The van der Waals surface area contributed by atoms with Crippen LogP contribution in [0.4, 0.5) is 20.3 Å². The third kappa shape index (κ3) is 4.01. The molecule has 0 saturated carbocycles. The summed E-state index contributed by atoms with van der Waals surface area (Å²) in [6, 6.07) is 4.86. The normalized spacial score (nSPS) is 10.2. The lowest BCUT2D eigenvalue weighted by Gasteiger charge is -2.12. The Kier molecular flexibility index (Phi) is 5.22. The monoisotopic (exact) mass is 385 g/mol. The quantitative estimate of drug-likeness (QED) is 0.665. The minimum atomic E-state index is -1.42. The van der Waals surface area contributed by atoms with Crippen molar-refractivity contribution in [2.24, 2.45) is 0 Å². The van der Waals surface area contributed by atoms with Crippen molar-refractivity contribution in [3.8, 4) is 0 Å². The summed E-state index contributed by atoms with van der Waals surface area (Å²) in [5.74, 6) is -3.19. The summed E-state index contributed by atoms with van der Waals surface area (Å²) in [4.78, 5) is 25.3. The highest BCUT2D eigenvalue weighted by molar-refractivity contribution is 9.10. The molecular formula is C14H10BrF2N3O3. The number of hydrogen-bond donors (Lipinski definition) is 3. The Balaban J connectivity index is 2.45. The lowest BCUT2D eigenvalue weighted by atomic mass is 10.2. The summed E-state index contributed by atoms with van der Waals surface area (Å²) in [5, 5.41) is 13.9. The van der Waals surface area contributed by atoms with Gasteiger partial charge < -0.3 is 15.7 Å². The number of carbonyl (C=O) groups excluding carboxylic acids is 1. The van der Waals surface area contributed by atoms with Crippen molar-refractivity contribution in [3.63, 3.8) is 0 Å². The van der Waals surface area contributed by atoms with E-state index in [0.717, 1.165) is 6.07 Å². The molecule has 0 fully saturated rings. The van der Waals surface area contributed by atoms with Crippen molar-refractivity contribution in [3.05, 3.63) is 51.6 Å². The van der Waals surface area contributed by atoms with E-state index in [1.54, 1.807) is 6.07 Å². The molecule has 0 aliphatic heterocycles. The number of carboxylic acids is 1. The Morgan fingerprint density at radius 2 is 2.04 bits per heavy atom. The third-order valence-electron chi connectivity index (χ3n) is 2.82. The predicted octanol–water partition coefficient (Wildman–Crippen LogP) is 2.81. The van der Waals surface area contributed by atoms with Crippen molar-refractivity contribution in [1.29, 1.82) is 0 Å². The van der Waals surface area contributed by atoms with Gasteiger partial charge in [-0.1, -0.05) is 15.9 Å². The number of halogens is 3. The van der Waals surface area contributed by atoms with Crippen LogP contribution in [0.5, 0.6) is 0 Å². The van der Waals surface area contributed by atoms with Crippen LogP contribution < -0.4 is 10.6 Å². The van der Waals surface area contributed by atoms with Crippen LogP contribution in [0.3, 0.4) is 0 Å². The first-order valence-electron chi connectivity index (χ1n) is 6.24. The molecule has 1 aromatic heterocycles. The first kappa shape index (κ1) is 16.8. The van der Waals surface area contributed by atoms with Gasteiger partial charge in [0.05, 0.1) is 17.9 Å². The SMILES string of the molecule is O=CNCc1nc(Nc2ccc(Br)cc2F)c(C(=O)O)cc1F. The highest BCUT2D eigenvalue weighted by atomic mass is 79.9. The maximum Gasteiger partial charge on any atom is 0.339 e. The van der Waals surface area contributed by atoms with Gasteiger partial charge in [0.2, 0.25) is 6.41 Å². The molecule has 2 aromatic rings. The summed E-state index contributed by atoms with van der Waals surface area (Å²) in [6.07, 6.45) is 0.355. The van der Waals surface area contributed by atoms with E-state index in [1.807, 2.05) is 0 Å². The summed E-state index contributed by atoms with van der Waals surface area (Å²) in [7, 11) is 0. The van der Waals surface area contributed by atoms with Gasteiger partial charge in [-0.05, 0) is 24.3 Å². The number of aromatic carboxylic acids is 1. The van der Waals surface area contributed by atoms with Gasteiger partial charge in [0.1, 0.15) is 23.0 Å². The van der Waals surface area contributed by atoms with Crippen LogP contribution in [-0.2, 0) is 11.3 Å². The molecule has 0 aliphatic rings. The second-order valence-electron chi connectivity index (χ2n) is 4.37. The number of nitrogens with zero attached hydrogens (tertiary/aromatic N) is 1. The van der Waals surface area contributed by atoms with E-state index < -0.39 is 23.2 Å². The number of nitrogens with one attached hydrogen (secondary N) is 2. The first-order valence-corrected chi connectivity index (χ1v) is 7.03. The number of benzene rings is 1. The molecule has 9 heteroatoms. The smallest absolute Gasteiger partial charge is 0.339 e. The lowest BCUT2D eigenvalue weighted by Crippen LogP contribution is -2.15. The zero-order chi connectivity index (χ0) is 17.0. The second-order valence-corrected chi connectivity index (χ2v) is 5.28. The average Bonchev–Trinajstić information content (AvgIpc) is 2.49. The molecule has 1 amide bonds. The van der Waals surface area contributed by atoms with E-state index in [1.165, 1.54) is 12.1 Å². The minimum Gasteiger partial charge on any atom is -0.478 e. The van der Waals surface area contributed by atoms with Crippen molar-refractivity contribution < 1.29 is 23.5 Å². The predicted molar refractivity (Wildman–Crippen MR) is 81.4 cm³/mol. The molecule has 23 heavy (non-hydrogen) atoms. The Morgan fingerprint density at radius 3 is 2.65 bits per heavy atom. The minimum absolute atomic E-state index is 0.0240. The number of carbonyl (C=O) groups is 2. The van der Waals surface area contributed by atoms with Gasteiger partial charge in [-0.2, -0.15) is 0 Å². The topological polar surface area (TPSA) is 91.3 Å². The van der Waals surface area contributed by atoms with Crippen molar-refractivity contribution in [2.75, 3.05) is 5.32 Å². The molecule has 0 unspecified atom stereocenters. The highest BCUT2D eigenvalue weighted by Crippen LogP contribution is 2.25. The summed E-state index contributed by atoms with van der Waals surface area (Å²) in [5.41, 5.74) is -0.661. The Morgan fingerprint density at radius 1 is 1.30 bits per heavy atom. The molecule has 2 rings (SSSR count). The zero-order valence-electron chi connectivity index (χ0n) is 11.4. The molecule has 0 spiro atoms. The number of carboxylic acid groups (broad SMARTS) is 1. The summed E-state index contributed by atoms with van der Waals surface area (Å²) in [6.45, 7) is -0.229. The van der Waals surface area contributed by atoms with E-state index in [4.69, 9.17) is 5.11 Å². The fourth-order valence-electron chi connectivity index (χ4n) is 1.77. The number of anilines is 2. The highest BCUT2D eigenvalue weighted by Gasteiger charge is 2.18. The van der Waals surface area contributed by atoms with Gasteiger partial charge in [-0.15, -0.1) is 0 Å². The Labute approximate surface area is 137 Å². The van der Waals surface area contributed by atoms with Gasteiger partial charge >= 0.3 is 5.97 Å². The maximum atomic E-state index is 13.9. The molecule has 1 heterocycles. The molecular weight excluding hydrogens is 376 g/mol. The molecule has 0 aliphatic carbocycles. The largest absolute Gasteiger partial charge is 0.478 e. The van der Waals surface area contributed by atoms with E-state index >= 15 is 0 Å². The number of hydrogen-bond acceptors (Lipinski definition) is 4. The molecule has 120 valence electrons. The maximum absolute atomic E-state index is 13.9. The molecule has 6 nitrogen and oxygen atoms in total. The van der Waals surface area contributed by atoms with Crippen LogP contribution in [-0.4, -0.2) is 22.5 Å². The lowest BCUT2D eigenvalue weighted by molar-refractivity contribution is -0.109. The third-order valence-corrected chi connectivity index (χ3v) is 3.31. The first-order chi connectivity index (χ1) is 10.9. The summed E-state index contributed by atoms with van der Waals surface area (Å²) < 4.78 is 28.1. The van der Waals surface area contributed by atoms with Crippen LogP contribution in [0.1, 0.15) is 16.1 Å². The van der Waals surface area contributed by atoms with E-state index in [-0.39, 0.29) is 23.7 Å². The van der Waals surface area contributed by atoms with Gasteiger partial charge in [0.15, 0.2) is 0 Å². The van der Waals surface area contributed by atoms with Gasteiger partial charge in [0, 0.05) is 4.47 Å². The molecule has 0 bridgehead atoms. The number of aromatic nitrogens is 1. The molecule has 3 N–H and O–H groups in total. The van der Waals surface area contributed by atoms with Crippen LogP contribution in [0.15, 0.2) is 28.7 Å². The molecule has 1 aromatic carbocycles. The number of rotatable bonds is 6.